The maximum absolute atomic E-state index is 12.9. The second-order valence-corrected chi connectivity index (χ2v) is 7.08. The summed E-state index contributed by atoms with van der Waals surface area (Å²) in [6.07, 6.45) is 2.28. The molecule has 28 heavy (non-hydrogen) atoms. The van der Waals surface area contributed by atoms with Crippen LogP contribution in [-0.2, 0) is 6.42 Å². The molecule has 2 N–H and O–H groups in total. The number of aromatic carboxylic acids is 1. The van der Waals surface area contributed by atoms with Gasteiger partial charge in [0.25, 0.3) is 11.8 Å². The van der Waals surface area contributed by atoms with Crippen molar-refractivity contribution in [3.63, 3.8) is 0 Å². The third kappa shape index (κ3) is 4.08. The lowest BCUT2D eigenvalue weighted by Crippen LogP contribution is -2.38. The first-order valence-corrected chi connectivity index (χ1v) is 9.46. The fourth-order valence-electron chi connectivity index (χ4n) is 3.33. The average Bonchev–Trinajstić information content (AvgIpc) is 3.13. The van der Waals surface area contributed by atoms with Crippen LogP contribution in [0.2, 0.25) is 0 Å². The van der Waals surface area contributed by atoms with Crippen LogP contribution in [0.3, 0.4) is 0 Å². The van der Waals surface area contributed by atoms with Gasteiger partial charge >= 0.3 is 5.97 Å². The lowest BCUT2D eigenvalue weighted by molar-refractivity contribution is 0.0686. The lowest BCUT2D eigenvalue weighted by Gasteiger charge is -2.30. The van der Waals surface area contributed by atoms with Crippen molar-refractivity contribution in [2.45, 2.75) is 33.1 Å². The topological polar surface area (TPSA) is 99.9 Å². The van der Waals surface area contributed by atoms with Crippen LogP contribution in [0, 0.1) is 5.92 Å². The number of rotatable bonds is 5. The number of piperidine rings is 1. The molecule has 1 aliphatic rings. The molecule has 0 spiro atoms. The van der Waals surface area contributed by atoms with E-state index in [1.807, 2.05) is 0 Å². The van der Waals surface area contributed by atoms with Crippen molar-refractivity contribution in [3.8, 4) is 0 Å². The van der Waals surface area contributed by atoms with Crippen LogP contribution in [0.4, 0.5) is 5.69 Å². The summed E-state index contributed by atoms with van der Waals surface area (Å²) in [7, 11) is 0. The fourth-order valence-corrected chi connectivity index (χ4v) is 3.33. The third-order valence-corrected chi connectivity index (χ3v) is 5.06. The molecule has 2 heterocycles. The number of para-hydroxylation sites is 1. The summed E-state index contributed by atoms with van der Waals surface area (Å²) in [5, 5.41) is 11.9. The van der Waals surface area contributed by atoms with E-state index in [1.54, 1.807) is 36.1 Å². The largest absolute Gasteiger partial charge is 0.478 e. The van der Waals surface area contributed by atoms with E-state index in [2.05, 4.69) is 12.2 Å². The van der Waals surface area contributed by atoms with Crippen LogP contribution >= 0.6 is 0 Å². The zero-order valence-electron chi connectivity index (χ0n) is 16.0. The van der Waals surface area contributed by atoms with Crippen LogP contribution in [0.1, 0.15) is 63.7 Å². The Hall–Kier alpha value is -3.09. The SMILES string of the molecule is CCc1oc(C(=O)Nc2ccccc2C(=O)N2CCC(C)CC2)cc1C(=O)O. The summed E-state index contributed by atoms with van der Waals surface area (Å²) in [6.45, 7) is 5.32. The summed E-state index contributed by atoms with van der Waals surface area (Å²) in [4.78, 5) is 38.6. The number of hydrogen-bond donors (Lipinski definition) is 2. The van der Waals surface area contributed by atoms with E-state index in [9.17, 15) is 19.5 Å². The summed E-state index contributed by atoms with van der Waals surface area (Å²) in [5.74, 6) is -1.10. The summed E-state index contributed by atoms with van der Waals surface area (Å²) in [5.41, 5.74) is 0.757. The highest BCUT2D eigenvalue weighted by molar-refractivity contribution is 6.08. The van der Waals surface area contributed by atoms with Crippen LogP contribution in [0.5, 0.6) is 0 Å². The Morgan fingerprint density at radius 1 is 1.18 bits per heavy atom. The number of carbonyl (C=O) groups is 3. The number of nitrogens with one attached hydrogen (secondary N) is 1. The average molecular weight is 384 g/mol. The number of carbonyl (C=O) groups excluding carboxylic acids is 2. The van der Waals surface area contributed by atoms with Gasteiger partial charge in [-0.3, -0.25) is 9.59 Å². The minimum Gasteiger partial charge on any atom is -0.478 e. The molecule has 0 unspecified atom stereocenters. The predicted molar refractivity (Wildman–Crippen MR) is 104 cm³/mol. The molecule has 7 heteroatoms. The number of aryl methyl sites for hydroxylation is 1. The molecule has 148 valence electrons. The zero-order chi connectivity index (χ0) is 20.3. The molecule has 0 aliphatic carbocycles. The molecular weight excluding hydrogens is 360 g/mol. The third-order valence-electron chi connectivity index (χ3n) is 5.06. The van der Waals surface area contributed by atoms with Crippen molar-refractivity contribution >= 4 is 23.5 Å². The molecule has 1 saturated heterocycles. The van der Waals surface area contributed by atoms with Crippen LogP contribution in [0.15, 0.2) is 34.7 Å². The molecule has 0 saturated carbocycles. The van der Waals surface area contributed by atoms with Gasteiger partial charge in [0.2, 0.25) is 0 Å². The van der Waals surface area contributed by atoms with Gasteiger partial charge in [-0.05, 0) is 30.9 Å². The molecule has 0 radical (unpaired) electrons. The zero-order valence-corrected chi connectivity index (χ0v) is 16.0. The highest BCUT2D eigenvalue weighted by atomic mass is 16.4. The van der Waals surface area contributed by atoms with E-state index in [0.717, 1.165) is 12.8 Å². The second-order valence-electron chi connectivity index (χ2n) is 7.08. The summed E-state index contributed by atoms with van der Waals surface area (Å²) < 4.78 is 5.40. The van der Waals surface area contributed by atoms with E-state index in [0.29, 0.717) is 36.7 Å². The van der Waals surface area contributed by atoms with E-state index in [-0.39, 0.29) is 23.0 Å². The number of hydrogen-bond acceptors (Lipinski definition) is 4. The Morgan fingerprint density at radius 2 is 1.86 bits per heavy atom. The van der Waals surface area contributed by atoms with Gasteiger partial charge in [0.15, 0.2) is 5.76 Å². The number of likely N-dealkylation sites (tertiary alicyclic amines) is 1. The first kappa shape index (κ1) is 19.7. The van der Waals surface area contributed by atoms with Crippen molar-refractivity contribution < 1.29 is 23.9 Å². The van der Waals surface area contributed by atoms with Crippen molar-refractivity contribution in [2.24, 2.45) is 5.92 Å². The molecule has 0 bridgehead atoms. The van der Waals surface area contributed by atoms with Gasteiger partial charge in [0, 0.05) is 25.6 Å². The maximum atomic E-state index is 12.9. The Kier molecular flexibility index (Phi) is 5.82. The molecule has 1 aliphatic heterocycles. The minimum atomic E-state index is -1.14. The second kappa shape index (κ2) is 8.29. The van der Waals surface area contributed by atoms with Crippen LogP contribution < -0.4 is 5.32 Å². The van der Waals surface area contributed by atoms with Crippen LogP contribution in [0.25, 0.3) is 0 Å². The molecule has 2 amide bonds. The number of benzene rings is 1. The Morgan fingerprint density at radius 3 is 2.46 bits per heavy atom. The Labute approximate surface area is 163 Å². The highest BCUT2D eigenvalue weighted by Crippen LogP contribution is 2.23. The van der Waals surface area contributed by atoms with Gasteiger partial charge in [-0.15, -0.1) is 0 Å². The first-order valence-electron chi connectivity index (χ1n) is 9.46. The molecule has 2 aromatic rings. The van der Waals surface area contributed by atoms with E-state index < -0.39 is 11.9 Å². The molecule has 1 aromatic heterocycles. The van der Waals surface area contributed by atoms with Gasteiger partial charge < -0.3 is 19.7 Å². The highest BCUT2D eigenvalue weighted by Gasteiger charge is 2.25. The number of carboxylic acids is 1. The number of anilines is 1. The predicted octanol–water partition coefficient (Wildman–Crippen LogP) is 3.66. The van der Waals surface area contributed by atoms with Crippen molar-refractivity contribution in [3.05, 3.63) is 53.0 Å². The maximum Gasteiger partial charge on any atom is 0.339 e. The molecule has 7 nitrogen and oxygen atoms in total. The molecule has 3 rings (SSSR count). The number of carboxylic acid groups (broad SMARTS) is 1. The van der Waals surface area contributed by atoms with Crippen molar-refractivity contribution in [1.82, 2.24) is 4.90 Å². The van der Waals surface area contributed by atoms with Crippen molar-refractivity contribution in [2.75, 3.05) is 18.4 Å². The summed E-state index contributed by atoms with van der Waals surface area (Å²) in [6, 6.07) is 8.03. The first-order chi connectivity index (χ1) is 13.4. The number of furan rings is 1. The van der Waals surface area contributed by atoms with Gasteiger partial charge in [0.1, 0.15) is 11.3 Å². The smallest absolute Gasteiger partial charge is 0.339 e. The molecule has 0 atom stereocenters. The summed E-state index contributed by atoms with van der Waals surface area (Å²) >= 11 is 0. The van der Waals surface area contributed by atoms with Gasteiger partial charge in [-0.25, -0.2) is 4.79 Å². The molecule has 1 aromatic carbocycles. The standard InChI is InChI=1S/C21H24N2O5/c1-3-17-15(21(26)27)12-18(28-17)19(24)22-16-7-5-4-6-14(16)20(25)23-10-8-13(2)9-11-23/h4-7,12-13H,3,8-11H2,1-2H3,(H,22,24)(H,26,27). The van der Waals surface area contributed by atoms with E-state index >= 15 is 0 Å². The lowest BCUT2D eigenvalue weighted by atomic mass is 9.98. The quantitative estimate of drug-likeness (QED) is 0.819. The monoisotopic (exact) mass is 384 g/mol. The van der Waals surface area contributed by atoms with Crippen LogP contribution in [-0.4, -0.2) is 40.9 Å². The fraction of sp³-hybridized carbons (Fsp3) is 0.381. The van der Waals surface area contributed by atoms with Crippen molar-refractivity contribution in [1.29, 1.82) is 0 Å². The molecule has 1 fully saturated rings. The number of amides is 2. The molecular formula is C21H24N2O5. The Bertz CT molecular complexity index is 894. The van der Waals surface area contributed by atoms with Gasteiger partial charge in [-0.1, -0.05) is 26.0 Å². The Balaban J connectivity index is 1.81. The van der Waals surface area contributed by atoms with Gasteiger partial charge in [0.05, 0.1) is 11.3 Å². The normalized spacial score (nSPS) is 14.7. The number of nitrogens with zero attached hydrogens (tertiary/aromatic N) is 1. The minimum absolute atomic E-state index is 0.0283. The van der Waals surface area contributed by atoms with E-state index in [4.69, 9.17) is 4.42 Å². The van der Waals surface area contributed by atoms with E-state index in [1.165, 1.54) is 6.07 Å². The van der Waals surface area contributed by atoms with Gasteiger partial charge in [-0.2, -0.15) is 0 Å².